The molecule has 1 aliphatic carbocycles. The van der Waals surface area contributed by atoms with E-state index in [1.807, 2.05) is 6.07 Å². The summed E-state index contributed by atoms with van der Waals surface area (Å²) in [4.78, 5) is 0. The van der Waals surface area contributed by atoms with E-state index in [1.54, 1.807) is 0 Å². The average Bonchev–Trinajstić information content (AvgIpc) is 2.96. The number of rotatable bonds is 3. The van der Waals surface area contributed by atoms with Crippen LogP contribution in [0.2, 0.25) is 0 Å². The Morgan fingerprint density at radius 3 is 2.94 bits per heavy atom. The lowest BCUT2D eigenvalue weighted by Gasteiger charge is -2.00. The van der Waals surface area contributed by atoms with Gasteiger partial charge in [-0.25, -0.2) is 0 Å². The molecule has 3 rings (SSSR count). The van der Waals surface area contributed by atoms with Gasteiger partial charge in [0.25, 0.3) is 0 Å². The molecule has 1 aromatic heterocycles. The highest BCUT2D eigenvalue weighted by Gasteiger charge is 2.13. The van der Waals surface area contributed by atoms with Gasteiger partial charge in [0, 0.05) is 18.1 Å². The number of nitrogens with two attached hydrogens (primary N) is 1. The van der Waals surface area contributed by atoms with E-state index in [4.69, 9.17) is 10.3 Å². The van der Waals surface area contributed by atoms with Crippen molar-refractivity contribution in [3.8, 4) is 11.3 Å². The predicted octanol–water partition coefficient (Wildman–Crippen LogP) is 2.33. The van der Waals surface area contributed by atoms with E-state index in [2.05, 4.69) is 23.4 Å². The molecule has 0 unspecified atom stereocenters. The van der Waals surface area contributed by atoms with Crippen LogP contribution in [0.15, 0.2) is 28.8 Å². The average molecular weight is 228 g/mol. The minimum Gasteiger partial charge on any atom is -0.356 e. The number of aromatic nitrogens is 1. The molecular weight excluding hydrogens is 212 g/mol. The molecule has 3 nitrogen and oxygen atoms in total. The molecule has 1 heterocycles. The van der Waals surface area contributed by atoms with E-state index in [0.717, 1.165) is 23.4 Å². The molecule has 0 amide bonds. The van der Waals surface area contributed by atoms with Gasteiger partial charge in [-0.05, 0) is 43.0 Å². The molecule has 0 aliphatic heterocycles. The Morgan fingerprint density at radius 2 is 2.06 bits per heavy atom. The van der Waals surface area contributed by atoms with Crippen LogP contribution in [0, 0.1) is 0 Å². The summed E-state index contributed by atoms with van der Waals surface area (Å²) >= 11 is 0. The SMILES string of the molecule is NCCc1cc(-c2ccc3c(c2)CCC3)on1. The van der Waals surface area contributed by atoms with Crippen molar-refractivity contribution in [2.75, 3.05) is 6.54 Å². The fourth-order valence-electron chi connectivity index (χ4n) is 2.44. The maximum atomic E-state index is 5.50. The van der Waals surface area contributed by atoms with Gasteiger partial charge in [-0.2, -0.15) is 0 Å². The molecule has 2 N–H and O–H groups in total. The Hall–Kier alpha value is -1.61. The van der Waals surface area contributed by atoms with Crippen LogP contribution in [0.3, 0.4) is 0 Å². The summed E-state index contributed by atoms with van der Waals surface area (Å²) < 4.78 is 5.36. The Bertz CT molecular complexity index is 531. The highest BCUT2D eigenvalue weighted by Crippen LogP contribution is 2.28. The van der Waals surface area contributed by atoms with Crippen LogP contribution in [0.5, 0.6) is 0 Å². The molecule has 17 heavy (non-hydrogen) atoms. The number of hydrogen-bond acceptors (Lipinski definition) is 3. The molecule has 0 spiro atoms. The lowest BCUT2D eigenvalue weighted by Crippen LogP contribution is -2.02. The van der Waals surface area contributed by atoms with Crippen molar-refractivity contribution in [1.82, 2.24) is 5.16 Å². The van der Waals surface area contributed by atoms with E-state index in [1.165, 1.54) is 30.4 Å². The van der Waals surface area contributed by atoms with Crippen molar-refractivity contribution in [3.05, 3.63) is 41.1 Å². The lowest BCUT2D eigenvalue weighted by molar-refractivity contribution is 0.423. The fourth-order valence-corrected chi connectivity index (χ4v) is 2.44. The quantitative estimate of drug-likeness (QED) is 0.877. The highest BCUT2D eigenvalue weighted by molar-refractivity contribution is 5.60. The molecule has 0 saturated heterocycles. The van der Waals surface area contributed by atoms with Crippen molar-refractivity contribution >= 4 is 0 Å². The first-order valence-electron chi connectivity index (χ1n) is 6.14. The second kappa shape index (κ2) is 4.34. The topological polar surface area (TPSA) is 52.0 Å². The largest absolute Gasteiger partial charge is 0.356 e. The maximum Gasteiger partial charge on any atom is 0.167 e. The second-order valence-corrected chi connectivity index (χ2v) is 4.56. The molecular formula is C14H16N2O. The lowest BCUT2D eigenvalue weighted by atomic mass is 10.0. The summed E-state index contributed by atoms with van der Waals surface area (Å²) in [7, 11) is 0. The molecule has 88 valence electrons. The third kappa shape index (κ3) is 1.98. The molecule has 2 aromatic rings. The second-order valence-electron chi connectivity index (χ2n) is 4.56. The van der Waals surface area contributed by atoms with E-state index < -0.39 is 0 Å². The van der Waals surface area contributed by atoms with Crippen LogP contribution in [0.1, 0.15) is 23.2 Å². The third-order valence-corrected chi connectivity index (χ3v) is 3.34. The van der Waals surface area contributed by atoms with Crippen LogP contribution in [-0.4, -0.2) is 11.7 Å². The Morgan fingerprint density at radius 1 is 1.18 bits per heavy atom. The monoisotopic (exact) mass is 228 g/mol. The zero-order chi connectivity index (χ0) is 11.7. The number of benzene rings is 1. The number of hydrogen-bond donors (Lipinski definition) is 1. The first kappa shape index (κ1) is 10.5. The Balaban J connectivity index is 1.92. The molecule has 0 fully saturated rings. The summed E-state index contributed by atoms with van der Waals surface area (Å²) in [6, 6.07) is 8.55. The van der Waals surface area contributed by atoms with E-state index >= 15 is 0 Å². The summed E-state index contributed by atoms with van der Waals surface area (Å²) in [5.41, 5.74) is 10.5. The van der Waals surface area contributed by atoms with Gasteiger partial charge in [-0.15, -0.1) is 0 Å². The van der Waals surface area contributed by atoms with Crippen molar-refractivity contribution in [2.24, 2.45) is 5.73 Å². The molecule has 1 aliphatic rings. The summed E-state index contributed by atoms with van der Waals surface area (Å²) in [5.74, 6) is 0.850. The first-order chi connectivity index (χ1) is 8.36. The number of nitrogens with zero attached hydrogens (tertiary/aromatic N) is 1. The van der Waals surface area contributed by atoms with E-state index in [-0.39, 0.29) is 0 Å². The number of fused-ring (bicyclic) bond motifs is 1. The zero-order valence-corrected chi connectivity index (χ0v) is 9.78. The van der Waals surface area contributed by atoms with Crippen molar-refractivity contribution in [2.45, 2.75) is 25.7 Å². The summed E-state index contributed by atoms with van der Waals surface area (Å²) in [6.07, 6.45) is 4.44. The van der Waals surface area contributed by atoms with E-state index in [9.17, 15) is 0 Å². The van der Waals surface area contributed by atoms with Gasteiger partial charge < -0.3 is 10.3 Å². The summed E-state index contributed by atoms with van der Waals surface area (Å²) in [5, 5.41) is 4.02. The van der Waals surface area contributed by atoms with Crippen molar-refractivity contribution < 1.29 is 4.52 Å². The van der Waals surface area contributed by atoms with Crippen LogP contribution < -0.4 is 5.73 Å². The first-order valence-corrected chi connectivity index (χ1v) is 6.14. The Kier molecular flexibility index (Phi) is 2.69. The predicted molar refractivity (Wildman–Crippen MR) is 66.7 cm³/mol. The maximum absolute atomic E-state index is 5.50. The minimum atomic E-state index is 0.607. The van der Waals surface area contributed by atoms with Crippen molar-refractivity contribution in [1.29, 1.82) is 0 Å². The molecule has 0 radical (unpaired) electrons. The minimum absolute atomic E-state index is 0.607. The zero-order valence-electron chi connectivity index (χ0n) is 9.78. The van der Waals surface area contributed by atoms with Crippen LogP contribution in [0.4, 0.5) is 0 Å². The van der Waals surface area contributed by atoms with Gasteiger partial charge >= 0.3 is 0 Å². The molecule has 0 bridgehead atoms. The van der Waals surface area contributed by atoms with Gasteiger partial charge in [-0.1, -0.05) is 17.3 Å². The molecule has 1 aromatic carbocycles. The fraction of sp³-hybridized carbons (Fsp3) is 0.357. The van der Waals surface area contributed by atoms with Gasteiger partial charge in [0.15, 0.2) is 5.76 Å². The molecule has 0 saturated carbocycles. The molecule has 0 atom stereocenters. The van der Waals surface area contributed by atoms with Gasteiger partial charge in [0.05, 0.1) is 5.69 Å². The third-order valence-electron chi connectivity index (χ3n) is 3.34. The smallest absolute Gasteiger partial charge is 0.167 e. The standard InChI is InChI=1S/C14H16N2O/c15-7-6-13-9-14(17-16-13)12-5-4-10-2-1-3-11(10)8-12/h4-5,8-9H,1-3,6-7,15H2. The van der Waals surface area contributed by atoms with Gasteiger partial charge in [-0.3, -0.25) is 0 Å². The number of aryl methyl sites for hydroxylation is 2. The van der Waals surface area contributed by atoms with Crippen LogP contribution in [0.25, 0.3) is 11.3 Å². The van der Waals surface area contributed by atoms with Crippen LogP contribution in [-0.2, 0) is 19.3 Å². The Labute approximate surface area is 101 Å². The van der Waals surface area contributed by atoms with Crippen LogP contribution >= 0.6 is 0 Å². The van der Waals surface area contributed by atoms with Gasteiger partial charge in [0.1, 0.15) is 0 Å². The highest BCUT2D eigenvalue weighted by atomic mass is 16.5. The van der Waals surface area contributed by atoms with Crippen molar-refractivity contribution in [3.63, 3.8) is 0 Å². The normalized spacial score (nSPS) is 13.9. The van der Waals surface area contributed by atoms with E-state index in [0.29, 0.717) is 6.54 Å². The summed E-state index contributed by atoms with van der Waals surface area (Å²) in [6.45, 7) is 0.607. The van der Waals surface area contributed by atoms with Gasteiger partial charge in [0.2, 0.25) is 0 Å². The molecule has 3 heteroatoms.